The fourth-order valence-corrected chi connectivity index (χ4v) is 2.52. The van der Waals surface area contributed by atoms with Crippen LogP contribution in [0, 0.1) is 0 Å². The standard InChI is InChI=1S/C16H24N2O3/c19-16(20)7-4-8-18(15-5-2-1-3-6-15)10-9-17-11-13-21-14-12-17/h1-3,5-6H,4,7-14H2,(H,19,20). The Morgan fingerprint density at radius 1 is 1.19 bits per heavy atom. The number of nitrogens with zero attached hydrogens (tertiary/aromatic N) is 2. The highest BCUT2D eigenvalue weighted by molar-refractivity contribution is 5.66. The van der Waals surface area contributed by atoms with Gasteiger partial charge in [-0.15, -0.1) is 0 Å². The number of morpholine rings is 1. The van der Waals surface area contributed by atoms with E-state index < -0.39 is 5.97 Å². The van der Waals surface area contributed by atoms with Crippen LogP contribution in [0.5, 0.6) is 0 Å². The third-order valence-corrected chi connectivity index (χ3v) is 3.73. The molecular formula is C16H24N2O3. The Morgan fingerprint density at radius 2 is 1.90 bits per heavy atom. The number of para-hydroxylation sites is 1. The van der Waals surface area contributed by atoms with Crippen molar-refractivity contribution < 1.29 is 14.6 Å². The highest BCUT2D eigenvalue weighted by atomic mass is 16.5. The molecule has 0 radical (unpaired) electrons. The van der Waals surface area contributed by atoms with Gasteiger partial charge in [0.15, 0.2) is 0 Å². The fourth-order valence-electron chi connectivity index (χ4n) is 2.52. The SMILES string of the molecule is O=C(O)CCCN(CCN1CCOCC1)c1ccccc1. The Labute approximate surface area is 126 Å². The lowest BCUT2D eigenvalue weighted by atomic mass is 10.2. The first-order valence-electron chi connectivity index (χ1n) is 7.57. The van der Waals surface area contributed by atoms with E-state index in [0.29, 0.717) is 6.42 Å². The van der Waals surface area contributed by atoms with Gasteiger partial charge < -0.3 is 14.7 Å². The maximum atomic E-state index is 10.7. The predicted octanol–water partition coefficient (Wildman–Crippen LogP) is 1.69. The van der Waals surface area contributed by atoms with E-state index in [0.717, 1.165) is 51.6 Å². The summed E-state index contributed by atoms with van der Waals surface area (Å²) in [6.45, 7) is 6.28. The van der Waals surface area contributed by atoms with Crippen molar-refractivity contribution in [1.29, 1.82) is 0 Å². The van der Waals surface area contributed by atoms with E-state index >= 15 is 0 Å². The number of carboxylic acid groups (broad SMARTS) is 1. The quantitative estimate of drug-likeness (QED) is 0.790. The molecule has 0 unspecified atom stereocenters. The molecule has 1 aromatic rings. The van der Waals surface area contributed by atoms with Crippen LogP contribution in [0.15, 0.2) is 30.3 Å². The van der Waals surface area contributed by atoms with Crippen LogP contribution < -0.4 is 4.90 Å². The van der Waals surface area contributed by atoms with Gasteiger partial charge in [0.1, 0.15) is 0 Å². The normalized spacial score (nSPS) is 15.8. The van der Waals surface area contributed by atoms with Crippen LogP contribution in [0.1, 0.15) is 12.8 Å². The summed E-state index contributed by atoms with van der Waals surface area (Å²) < 4.78 is 5.36. The molecule has 0 amide bonds. The minimum Gasteiger partial charge on any atom is -0.481 e. The van der Waals surface area contributed by atoms with Crippen LogP contribution in [0.3, 0.4) is 0 Å². The van der Waals surface area contributed by atoms with Gasteiger partial charge in [-0.05, 0) is 18.6 Å². The fraction of sp³-hybridized carbons (Fsp3) is 0.562. The van der Waals surface area contributed by atoms with Crippen molar-refractivity contribution in [2.24, 2.45) is 0 Å². The second-order valence-corrected chi connectivity index (χ2v) is 5.27. The number of hydrogen-bond donors (Lipinski definition) is 1. The van der Waals surface area contributed by atoms with Gasteiger partial charge in [0, 0.05) is 44.8 Å². The minimum absolute atomic E-state index is 0.223. The Balaban J connectivity index is 1.86. The minimum atomic E-state index is -0.726. The van der Waals surface area contributed by atoms with Gasteiger partial charge in [0.2, 0.25) is 0 Å². The largest absolute Gasteiger partial charge is 0.481 e. The second kappa shape index (κ2) is 8.64. The molecule has 1 aliphatic heterocycles. The molecule has 1 aliphatic rings. The maximum Gasteiger partial charge on any atom is 0.303 e. The maximum absolute atomic E-state index is 10.7. The van der Waals surface area contributed by atoms with Gasteiger partial charge in [-0.3, -0.25) is 9.69 Å². The summed E-state index contributed by atoms with van der Waals surface area (Å²) in [5.41, 5.74) is 1.16. The van der Waals surface area contributed by atoms with Crippen molar-refractivity contribution in [2.45, 2.75) is 12.8 Å². The molecule has 2 rings (SSSR count). The lowest BCUT2D eigenvalue weighted by molar-refractivity contribution is -0.137. The van der Waals surface area contributed by atoms with E-state index in [1.54, 1.807) is 0 Å². The topological polar surface area (TPSA) is 53.0 Å². The Hall–Kier alpha value is -1.59. The lowest BCUT2D eigenvalue weighted by Gasteiger charge is -2.31. The van der Waals surface area contributed by atoms with Gasteiger partial charge in [0.05, 0.1) is 13.2 Å². The summed E-state index contributed by atoms with van der Waals surface area (Å²) in [7, 11) is 0. The molecule has 0 bridgehead atoms. The summed E-state index contributed by atoms with van der Waals surface area (Å²) in [5, 5.41) is 8.79. The summed E-state index contributed by atoms with van der Waals surface area (Å²) >= 11 is 0. The molecular weight excluding hydrogens is 268 g/mol. The van der Waals surface area contributed by atoms with Crippen LogP contribution in [0.25, 0.3) is 0 Å². The number of rotatable bonds is 8. The third-order valence-electron chi connectivity index (χ3n) is 3.73. The zero-order valence-electron chi connectivity index (χ0n) is 12.4. The molecule has 0 spiro atoms. The first-order chi connectivity index (χ1) is 10.3. The zero-order chi connectivity index (χ0) is 14.9. The Morgan fingerprint density at radius 3 is 2.57 bits per heavy atom. The predicted molar refractivity (Wildman–Crippen MR) is 82.8 cm³/mol. The van der Waals surface area contributed by atoms with Crippen molar-refractivity contribution in [3.05, 3.63) is 30.3 Å². The van der Waals surface area contributed by atoms with E-state index in [-0.39, 0.29) is 6.42 Å². The number of benzene rings is 1. The molecule has 5 heteroatoms. The molecule has 0 aliphatic carbocycles. The van der Waals surface area contributed by atoms with Gasteiger partial charge in [-0.1, -0.05) is 18.2 Å². The van der Waals surface area contributed by atoms with Crippen LogP contribution in [-0.4, -0.2) is 61.9 Å². The highest BCUT2D eigenvalue weighted by Gasteiger charge is 2.13. The van der Waals surface area contributed by atoms with Gasteiger partial charge >= 0.3 is 5.97 Å². The number of aliphatic carboxylic acids is 1. The molecule has 21 heavy (non-hydrogen) atoms. The first kappa shape index (κ1) is 15.8. The monoisotopic (exact) mass is 292 g/mol. The van der Waals surface area contributed by atoms with Crippen molar-refractivity contribution in [2.75, 3.05) is 50.8 Å². The summed E-state index contributed by atoms with van der Waals surface area (Å²) in [5.74, 6) is -0.726. The smallest absolute Gasteiger partial charge is 0.303 e. The molecule has 0 aromatic heterocycles. The molecule has 0 atom stereocenters. The lowest BCUT2D eigenvalue weighted by Crippen LogP contribution is -2.41. The molecule has 1 heterocycles. The number of hydrogen-bond acceptors (Lipinski definition) is 4. The molecule has 0 saturated carbocycles. The number of carboxylic acids is 1. The third kappa shape index (κ3) is 5.73. The van der Waals surface area contributed by atoms with Gasteiger partial charge in [-0.25, -0.2) is 0 Å². The van der Waals surface area contributed by atoms with Gasteiger partial charge in [0.25, 0.3) is 0 Å². The van der Waals surface area contributed by atoms with Crippen molar-refractivity contribution >= 4 is 11.7 Å². The summed E-state index contributed by atoms with van der Waals surface area (Å²) in [4.78, 5) is 15.4. The first-order valence-corrected chi connectivity index (χ1v) is 7.57. The Bertz CT molecular complexity index is 419. The van der Waals surface area contributed by atoms with Crippen molar-refractivity contribution in [3.8, 4) is 0 Å². The van der Waals surface area contributed by atoms with E-state index in [4.69, 9.17) is 9.84 Å². The van der Waals surface area contributed by atoms with Crippen LogP contribution in [0.2, 0.25) is 0 Å². The summed E-state index contributed by atoms with van der Waals surface area (Å²) in [6, 6.07) is 10.2. The molecule has 1 N–H and O–H groups in total. The molecule has 1 saturated heterocycles. The molecule has 5 nitrogen and oxygen atoms in total. The zero-order valence-corrected chi connectivity index (χ0v) is 12.4. The van der Waals surface area contributed by atoms with E-state index in [9.17, 15) is 4.79 Å². The number of anilines is 1. The molecule has 116 valence electrons. The highest BCUT2D eigenvalue weighted by Crippen LogP contribution is 2.14. The number of ether oxygens (including phenoxy) is 1. The molecule has 1 aromatic carbocycles. The van der Waals surface area contributed by atoms with Crippen molar-refractivity contribution in [3.63, 3.8) is 0 Å². The van der Waals surface area contributed by atoms with Crippen LogP contribution >= 0.6 is 0 Å². The van der Waals surface area contributed by atoms with Gasteiger partial charge in [-0.2, -0.15) is 0 Å². The number of carbonyl (C=O) groups is 1. The average molecular weight is 292 g/mol. The van der Waals surface area contributed by atoms with Crippen molar-refractivity contribution in [1.82, 2.24) is 4.90 Å². The Kier molecular flexibility index (Phi) is 6.50. The van der Waals surface area contributed by atoms with E-state index in [1.807, 2.05) is 18.2 Å². The van der Waals surface area contributed by atoms with E-state index in [1.165, 1.54) is 0 Å². The second-order valence-electron chi connectivity index (χ2n) is 5.27. The van der Waals surface area contributed by atoms with Crippen LogP contribution in [0.4, 0.5) is 5.69 Å². The van der Waals surface area contributed by atoms with E-state index in [2.05, 4.69) is 21.9 Å². The average Bonchev–Trinajstić information content (AvgIpc) is 2.52. The summed E-state index contributed by atoms with van der Waals surface area (Å²) in [6.07, 6.45) is 0.897. The van der Waals surface area contributed by atoms with Crippen LogP contribution in [-0.2, 0) is 9.53 Å². The molecule has 1 fully saturated rings.